The van der Waals surface area contributed by atoms with Crippen LogP contribution in [0.4, 0.5) is 13.2 Å². The lowest BCUT2D eigenvalue weighted by Gasteiger charge is -2.40. The predicted molar refractivity (Wildman–Crippen MR) is 157 cm³/mol. The van der Waals surface area contributed by atoms with Gasteiger partial charge in [0.2, 0.25) is 5.43 Å². The molecule has 1 N–H and O–H groups in total. The molecule has 0 unspecified atom stereocenters. The van der Waals surface area contributed by atoms with Crippen molar-refractivity contribution in [2.24, 2.45) is 5.16 Å². The molecule has 238 valence electrons. The van der Waals surface area contributed by atoms with Crippen molar-refractivity contribution in [3.63, 3.8) is 0 Å². The standard InChI is InChI=1S/C31H28F3N7O5/c1-18-7-10-46-37-26(41-9-8-36-38-41)13-21-15-39(18)31(44)27-29(45-17-19-5-3-2-4-6-19)28(42)23(16-40(21)27)30(43)35-14-22-24(33)11-20(32)12-25(22)34/h2-6,8-9,11-12,16,18,21H,7,10,13-15,17H2,1H3,(H,35,43)/b37-26+/t18-,21-/m0/s1. The molecule has 6 rings (SSSR count). The molecular formula is C31H28F3N7O5. The Kier molecular flexibility index (Phi) is 8.55. The van der Waals surface area contributed by atoms with E-state index < -0.39 is 58.4 Å². The third-order valence-electron chi connectivity index (χ3n) is 7.89. The van der Waals surface area contributed by atoms with Crippen molar-refractivity contribution >= 4 is 17.6 Å². The fraction of sp³-hybridized carbons (Fsp3) is 0.290. The second kappa shape index (κ2) is 12.9. The van der Waals surface area contributed by atoms with Gasteiger partial charge in [0.25, 0.3) is 11.8 Å². The molecule has 15 heteroatoms. The van der Waals surface area contributed by atoms with Gasteiger partial charge in [0, 0.05) is 55.9 Å². The zero-order chi connectivity index (χ0) is 32.4. The molecule has 0 saturated carbocycles. The second-order valence-electron chi connectivity index (χ2n) is 10.9. The van der Waals surface area contributed by atoms with Crippen LogP contribution in [0, 0.1) is 17.5 Å². The van der Waals surface area contributed by atoms with Gasteiger partial charge in [0.15, 0.2) is 17.3 Å². The first-order chi connectivity index (χ1) is 22.2. The highest BCUT2D eigenvalue weighted by Crippen LogP contribution is 2.32. The van der Waals surface area contributed by atoms with Crippen molar-refractivity contribution < 1.29 is 32.3 Å². The van der Waals surface area contributed by atoms with E-state index in [1.165, 1.54) is 21.6 Å². The zero-order valence-corrected chi connectivity index (χ0v) is 24.5. The van der Waals surface area contributed by atoms with E-state index in [9.17, 15) is 27.6 Å². The average Bonchev–Trinajstić information content (AvgIpc) is 3.57. The summed E-state index contributed by atoms with van der Waals surface area (Å²) >= 11 is 0. The quantitative estimate of drug-likeness (QED) is 0.343. The van der Waals surface area contributed by atoms with Crippen molar-refractivity contribution in [2.45, 2.75) is 45.0 Å². The smallest absolute Gasteiger partial charge is 0.274 e. The van der Waals surface area contributed by atoms with Crippen LogP contribution in [0.25, 0.3) is 0 Å². The van der Waals surface area contributed by atoms with E-state index in [2.05, 4.69) is 20.8 Å². The molecule has 2 aliphatic rings. The number of halogens is 3. The first-order valence-corrected chi connectivity index (χ1v) is 14.4. The van der Waals surface area contributed by atoms with E-state index in [-0.39, 0.29) is 43.7 Å². The van der Waals surface area contributed by atoms with Crippen LogP contribution in [0.3, 0.4) is 0 Å². The Balaban J connectivity index is 1.45. The molecule has 2 bridgehead atoms. The summed E-state index contributed by atoms with van der Waals surface area (Å²) < 4.78 is 51.0. The molecule has 2 aliphatic heterocycles. The Bertz CT molecular complexity index is 1840. The lowest BCUT2D eigenvalue weighted by atomic mass is 10.0. The zero-order valence-electron chi connectivity index (χ0n) is 24.5. The van der Waals surface area contributed by atoms with Crippen molar-refractivity contribution in [3.05, 3.63) is 111 Å². The van der Waals surface area contributed by atoms with Gasteiger partial charge in [0.1, 0.15) is 36.2 Å². The summed E-state index contributed by atoms with van der Waals surface area (Å²) in [4.78, 5) is 48.6. The number of aromatic nitrogens is 4. The summed E-state index contributed by atoms with van der Waals surface area (Å²) in [5.74, 6) is -4.97. The van der Waals surface area contributed by atoms with E-state index in [4.69, 9.17) is 9.57 Å². The molecule has 4 aromatic rings. The van der Waals surface area contributed by atoms with E-state index >= 15 is 0 Å². The van der Waals surface area contributed by atoms with E-state index in [1.807, 2.05) is 13.0 Å². The van der Waals surface area contributed by atoms with Gasteiger partial charge < -0.3 is 24.4 Å². The van der Waals surface area contributed by atoms with Crippen LogP contribution in [0.1, 0.15) is 57.8 Å². The summed E-state index contributed by atoms with van der Waals surface area (Å²) in [6.45, 7) is 1.50. The van der Waals surface area contributed by atoms with Crippen LogP contribution in [-0.4, -0.2) is 61.3 Å². The van der Waals surface area contributed by atoms with Crippen LogP contribution in [0.5, 0.6) is 5.75 Å². The van der Waals surface area contributed by atoms with Gasteiger partial charge in [-0.05, 0) is 12.5 Å². The monoisotopic (exact) mass is 635 g/mol. The topological polar surface area (TPSA) is 133 Å². The number of fused-ring (bicyclic) bond motifs is 4. The van der Waals surface area contributed by atoms with Crippen LogP contribution in [0.15, 0.2) is 71.0 Å². The minimum absolute atomic E-state index is 0.0596. The molecule has 2 aromatic heterocycles. The normalized spacial score (nSPS) is 19.0. The Morgan fingerprint density at radius 3 is 2.61 bits per heavy atom. The Labute approximate surface area is 260 Å². The molecule has 2 aromatic carbocycles. The minimum Gasteiger partial charge on any atom is -0.483 e. The van der Waals surface area contributed by atoms with Gasteiger partial charge >= 0.3 is 0 Å². The van der Waals surface area contributed by atoms with Crippen molar-refractivity contribution in [1.82, 2.24) is 29.8 Å². The Morgan fingerprint density at radius 2 is 1.89 bits per heavy atom. The SMILES string of the molecule is C[C@H]1CCO/N=C(/n2ccnn2)C[C@H]2CN1C(=O)c1c(OCc3ccccc3)c(=O)c(C(=O)NCc3c(F)cc(F)cc3F)cn12. The third kappa shape index (κ3) is 6.07. The number of nitrogens with zero attached hydrogens (tertiary/aromatic N) is 6. The summed E-state index contributed by atoms with van der Waals surface area (Å²) in [6, 6.07) is 9.03. The van der Waals surface area contributed by atoms with Gasteiger partial charge in [-0.2, -0.15) is 0 Å². The lowest BCUT2D eigenvalue weighted by Crippen LogP contribution is -2.50. The maximum atomic E-state index is 14.3. The minimum atomic E-state index is -1.20. The average molecular weight is 636 g/mol. The number of pyridine rings is 1. The van der Waals surface area contributed by atoms with Gasteiger partial charge in [-0.15, -0.1) is 5.10 Å². The van der Waals surface area contributed by atoms with Gasteiger partial charge in [-0.25, -0.2) is 17.9 Å². The number of amides is 2. The number of nitrogens with one attached hydrogen (secondary N) is 1. The highest BCUT2D eigenvalue weighted by molar-refractivity contribution is 5.99. The maximum absolute atomic E-state index is 14.3. The molecular weight excluding hydrogens is 607 g/mol. The molecule has 0 saturated heterocycles. The van der Waals surface area contributed by atoms with Gasteiger partial charge in [0.05, 0.1) is 18.4 Å². The number of benzene rings is 2. The van der Waals surface area contributed by atoms with E-state index in [0.717, 1.165) is 0 Å². The summed E-state index contributed by atoms with van der Waals surface area (Å²) in [5, 5.41) is 14.4. The van der Waals surface area contributed by atoms with Crippen molar-refractivity contribution in [1.29, 1.82) is 0 Å². The second-order valence-corrected chi connectivity index (χ2v) is 10.9. The van der Waals surface area contributed by atoms with Crippen molar-refractivity contribution in [3.8, 4) is 5.75 Å². The van der Waals surface area contributed by atoms with Crippen LogP contribution >= 0.6 is 0 Å². The first kappa shape index (κ1) is 30.6. The highest BCUT2D eigenvalue weighted by atomic mass is 19.1. The molecule has 12 nitrogen and oxygen atoms in total. The van der Waals surface area contributed by atoms with Crippen LogP contribution in [-0.2, 0) is 18.0 Å². The molecule has 2 amide bonds. The largest absolute Gasteiger partial charge is 0.483 e. The Hall–Kier alpha value is -5.47. The number of ether oxygens (including phenoxy) is 1. The predicted octanol–water partition coefficient (Wildman–Crippen LogP) is 3.42. The lowest BCUT2D eigenvalue weighted by molar-refractivity contribution is 0.0491. The molecule has 2 atom stereocenters. The fourth-order valence-electron chi connectivity index (χ4n) is 5.44. The third-order valence-corrected chi connectivity index (χ3v) is 7.89. The first-order valence-electron chi connectivity index (χ1n) is 14.4. The Morgan fingerprint density at radius 1 is 1.13 bits per heavy atom. The number of carbonyl (C=O) groups is 2. The molecule has 46 heavy (non-hydrogen) atoms. The van der Waals surface area contributed by atoms with E-state index in [1.54, 1.807) is 35.4 Å². The molecule has 4 heterocycles. The number of oxime groups is 1. The summed E-state index contributed by atoms with van der Waals surface area (Å²) in [5.41, 5.74) is -1.27. The summed E-state index contributed by atoms with van der Waals surface area (Å²) in [7, 11) is 0. The number of hydrogen-bond acceptors (Lipinski definition) is 8. The molecule has 0 radical (unpaired) electrons. The van der Waals surface area contributed by atoms with Gasteiger partial charge in [-0.3, -0.25) is 14.4 Å². The molecule has 0 fully saturated rings. The van der Waals surface area contributed by atoms with E-state index in [0.29, 0.717) is 30.0 Å². The number of carbonyl (C=O) groups excluding carboxylic acids is 2. The fourth-order valence-corrected chi connectivity index (χ4v) is 5.44. The number of hydrogen-bond donors (Lipinski definition) is 1. The van der Waals surface area contributed by atoms with Gasteiger partial charge in [-0.1, -0.05) is 40.7 Å². The molecule has 0 aliphatic carbocycles. The van der Waals surface area contributed by atoms with Crippen LogP contribution < -0.4 is 15.5 Å². The van der Waals surface area contributed by atoms with Crippen molar-refractivity contribution in [2.75, 3.05) is 13.2 Å². The molecule has 0 spiro atoms. The number of rotatable bonds is 6. The summed E-state index contributed by atoms with van der Waals surface area (Å²) in [6.07, 6.45) is 4.86. The van der Waals surface area contributed by atoms with Crippen LogP contribution in [0.2, 0.25) is 0 Å². The maximum Gasteiger partial charge on any atom is 0.274 e. The highest BCUT2D eigenvalue weighted by Gasteiger charge is 2.39.